The van der Waals surface area contributed by atoms with Crippen molar-refractivity contribution in [1.29, 1.82) is 0 Å². The summed E-state index contributed by atoms with van der Waals surface area (Å²) in [5.74, 6) is 0.970. The number of hydrogen-bond donors (Lipinski definition) is 0. The Hall–Kier alpha value is -1.64. The topological polar surface area (TPSA) is 45.7 Å². The molecule has 4 rings (SSSR count). The Bertz CT molecular complexity index is 1000. The van der Waals surface area contributed by atoms with E-state index in [9.17, 15) is 4.79 Å². The van der Waals surface area contributed by atoms with Crippen LogP contribution in [0.25, 0.3) is 10.2 Å². The number of thiazole rings is 1. The fourth-order valence-corrected chi connectivity index (χ4v) is 5.34. The van der Waals surface area contributed by atoms with E-state index in [1.807, 2.05) is 42.5 Å². The molecule has 0 N–H and O–H groups in total. The minimum atomic E-state index is -0.0357. The molecule has 0 radical (unpaired) electrons. The van der Waals surface area contributed by atoms with Crippen LogP contribution in [0.3, 0.4) is 0 Å². The third-order valence-corrected chi connectivity index (χ3v) is 7.23. The summed E-state index contributed by atoms with van der Waals surface area (Å²) in [5, 5.41) is 1.29. The standard InChI is InChI=1S/C22H24ClN3O2S2/c1-2-29-17-8-6-16(7-9-17)21(27)26(11-10-25-12-14-28-15-13-25)22-24-20-18(23)4-3-5-19(20)30-22/h3-9H,2,10-15H2,1H3. The Kier molecular flexibility index (Phi) is 7.28. The number of thioether (sulfide) groups is 1. The molecule has 1 aliphatic heterocycles. The number of benzene rings is 2. The summed E-state index contributed by atoms with van der Waals surface area (Å²) >= 11 is 9.60. The number of anilines is 1. The molecule has 1 aliphatic rings. The van der Waals surface area contributed by atoms with Gasteiger partial charge in [-0.25, -0.2) is 4.98 Å². The first kappa shape index (κ1) is 21.6. The number of morpholine rings is 1. The summed E-state index contributed by atoms with van der Waals surface area (Å²) in [7, 11) is 0. The number of carbonyl (C=O) groups excluding carboxylic acids is 1. The maximum absolute atomic E-state index is 13.5. The van der Waals surface area contributed by atoms with Gasteiger partial charge in [0, 0.05) is 36.6 Å². The van der Waals surface area contributed by atoms with Crippen molar-refractivity contribution in [3.8, 4) is 0 Å². The molecule has 2 heterocycles. The normalized spacial score (nSPS) is 14.9. The molecule has 0 unspecified atom stereocenters. The number of carbonyl (C=O) groups is 1. The van der Waals surface area contributed by atoms with Gasteiger partial charge in [-0.15, -0.1) is 11.8 Å². The molecule has 5 nitrogen and oxygen atoms in total. The minimum absolute atomic E-state index is 0.0357. The second-order valence-electron chi connectivity index (χ2n) is 6.95. The Labute approximate surface area is 190 Å². The van der Waals surface area contributed by atoms with E-state index < -0.39 is 0 Å². The Morgan fingerprint density at radius 2 is 2.00 bits per heavy atom. The highest BCUT2D eigenvalue weighted by atomic mass is 35.5. The lowest BCUT2D eigenvalue weighted by Gasteiger charge is -2.29. The van der Waals surface area contributed by atoms with Crippen LogP contribution in [0.2, 0.25) is 5.02 Å². The van der Waals surface area contributed by atoms with Gasteiger partial charge in [0.1, 0.15) is 5.52 Å². The molecule has 0 atom stereocenters. The third kappa shape index (κ3) is 4.98. The third-order valence-electron chi connectivity index (χ3n) is 4.99. The number of halogens is 1. The number of para-hydroxylation sites is 1. The first-order chi connectivity index (χ1) is 14.7. The maximum Gasteiger partial charge on any atom is 0.260 e. The average molecular weight is 462 g/mol. The lowest BCUT2D eigenvalue weighted by molar-refractivity contribution is 0.0391. The number of aromatic nitrogens is 1. The van der Waals surface area contributed by atoms with E-state index in [0.717, 1.165) is 48.8 Å². The summed E-state index contributed by atoms with van der Waals surface area (Å²) in [6.45, 7) is 6.72. The van der Waals surface area contributed by atoms with Crippen LogP contribution in [0.4, 0.5) is 5.13 Å². The van der Waals surface area contributed by atoms with Crippen LogP contribution < -0.4 is 4.90 Å². The van der Waals surface area contributed by atoms with Crippen LogP contribution in [0.1, 0.15) is 17.3 Å². The van der Waals surface area contributed by atoms with Crippen LogP contribution in [-0.4, -0.2) is 60.9 Å². The van der Waals surface area contributed by atoms with Gasteiger partial charge in [0.15, 0.2) is 5.13 Å². The molecule has 1 amide bonds. The van der Waals surface area contributed by atoms with Crippen molar-refractivity contribution in [2.24, 2.45) is 0 Å². The van der Waals surface area contributed by atoms with Crippen molar-refractivity contribution >= 4 is 56.0 Å². The SMILES string of the molecule is CCSc1ccc(C(=O)N(CCN2CCOCC2)c2nc3c(Cl)cccc3s2)cc1. The van der Waals surface area contributed by atoms with E-state index in [1.165, 1.54) is 16.2 Å². The molecule has 30 heavy (non-hydrogen) atoms. The number of nitrogens with zero attached hydrogens (tertiary/aromatic N) is 3. The number of rotatable bonds is 7. The fraction of sp³-hybridized carbons (Fsp3) is 0.364. The predicted molar refractivity (Wildman–Crippen MR) is 126 cm³/mol. The molecule has 0 saturated carbocycles. The largest absolute Gasteiger partial charge is 0.379 e. The molecular formula is C22H24ClN3O2S2. The summed E-state index contributed by atoms with van der Waals surface area (Å²) < 4.78 is 6.43. The van der Waals surface area contributed by atoms with Crippen molar-refractivity contribution in [2.75, 3.05) is 50.0 Å². The zero-order chi connectivity index (χ0) is 20.9. The van der Waals surface area contributed by atoms with Crippen LogP contribution in [0.15, 0.2) is 47.4 Å². The van der Waals surface area contributed by atoms with Crippen LogP contribution in [-0.2, 0) is 4.74 Å². The van der Waals surface area contributed by atoms with Crippen LogP contribution in [0, 0.1) is 0 Å². The number of hydrogen-bond acceptors (Lipinski definition) is 6. The van der Waals surface area contributed by atoms with Crippen molar-refractivity contribution in [3.63, 3.8) is 0 Å². The Morgan fingerprint density at radius 1 is 1.23 bits per heavy atom. The molecule has 8 heteroatoms. The molecule has 1 fully saturated rings. The molecule has 1 aromatic heterocycles. The highest BCUT2D eigenvalue weighted by molar-refractivity contribution is 7.99. The second kappa shape index (κ2) is 10.1. The summed E-state index contributed by atoms with van der Waals surface area (Å²) in [4.78, 5) is 23.5. The van der Waals surface area contributed by atoms with E-state index in [0.29, 0.717) is 22.3 Å². The maximum atomic E-state index is 13.5. The summed E-state index contributed by atoms with van der Waals surface area (Å²) in [6.07, 6.45) is 0. The molecule has 2 aromatic carbocycles. The molecule has 0 spiro atoms. The van der Waals surface area contributed by atoms with E-state index in [-0.39, 0.29) is 5.91 Å². The zero-order valence-corrected chi connectivity index (χ0v) is 19.2. The van der Waals surface area contributed by atoms with Gasteiger partial charge >= 0.3 is 0 Å². The molecular weight excluding hydrogens is 438 g/mol. The van der Waals surface area contributed by atoms with Gasteiger partial charge in [-0.1, -0.05) is 35.9 Å². The second-order valence-corrected chi connectivity index (χ2v) is 9.70. The minimum Gasteiger partial charge on any atom is -0.379 e. The summed E-state index contributed by atoms with van der Waals surface area (Å²) in [6, 6.07) is 13.6. The van der Waals surface area contributed by atoms with Gasteiger partial charge in [0.2, 0.25) is 0 Å². The van der Waals surface area contributed by atoms with Gasteiger partial charge in [-0.05, 0) is 42.2 Å². The monoisotopic (exact) mass is 461 g/mol. The van der Waals surface area contributed by atoms with E-state index in [1.54, 1.807) is 16.7 Å². The van der Waals surface area contributed by atoms with E-state index in [4.69, 9.17) is 21.3 Å². The highest BCUT2D eigenvalue weighted by Crippen LogP contribution is 2.33. The van der Waals surface area contributed by atoms with E-state index in [2.05, 4.69) is 11.8 Å². The van der Waals surface area contributed by atoms with Crippen LogP contribution >= 0.6 is 34.7 Å². The van der Waals surface area contributed by atoms with Crippen molar-refractivity contribution in [2.45, 2.75) is 11.8 Å². The highest BCUT2D eigenvalue weighted by Gasteiger charge is 2.23. The molecule has 0 bridgehead atoms. The van der Waals surface area contributed by atoms with Gasteiger partial charge in [0.25, 0.3) is 5.91 Å². The molecule has 158 valence electrons. The average Bonchev–Trinajstić information content (AvgIpc) is 3.21. The number of amides is 1. The zero-order valence-electron chi connectivity index (χ0n) is 16.8. The Balaban J connectivity index is 1.61. The number of ether oxygens (including phenoxy) is 1. The Morgan fingerprint density at radius 3 is 2.70 bits per heavy atom. The fourth-order valence-electron chi connectivity index (χ4n) is 3.39. The van der Waals surface area contributed by atoms with Gasteiger partial charge in [-0.3, -0.25) is 14.6 Å². The first-order valence-electron chi connectivity index (χ1n) is 10.1. The summed E-state index contributed by atoms with van der Waals surface area (Å²) in [5.41, 5.74) is 1.42. The van der Waals surface area contributed by atoms with Crippen molar-refractivity contribution in [3.05, 3.63) is 53.1 Å². The van der Waals surface area contributed by atoms with Gasteiger partial charge in [0.05, 0.1) is 22.9 Å². The van der Waals surface area contributed by atoms with Gasteiger partial charge < -0.3 is 4.74 Å². The quantitative estimate of drug-likeness (QED) is 0.461. The van der Waals surface area contributed by atoms with Crippen molar-refractivity contribution < 1.29 is 9.53 Å². The van der Waals surface area contributed by atoms with E-state index >= 15 is 0 Å². The van der Waals surface area contributed by atoms with Crippen LogP contribution in [0.5, 0.6) is 0 Å². The van der Waals surface area contributed by atoms with Gasteiger partial charge in [-0.2, -0.15) is 0 Å². The lowest BCUT2D eigenvalue weighted by Crippen LogP contribution is -2.43. The lowest BCUT2D eigenvalue weighted by atomic mass is 10.2. The molecule has 0 aliphatic carbocycles. The first-order valence-corrected chi connectivity index (χ1v) is 12.2. The molecule has 1 saturated heterocycles. The smallest absolute Gasteiger partial charge is 0.260 e. The van der Waals surface area contributed by atoms with Crippen molar-refractivity contribution in [1.82, 2.24) is 9.88 Å². The molecule has 3 aromatic rings. The number of fused-ring (bicyclic) bond motifs is 1. The predicted octanol–water partition coefficient (Wildman–Crippen LogP) is 5.04.